The second-order valence-corrected chi connectivity index (χ2v) is 10.1. The van der Waals surface area contributed by atoms with E-state index in [1.54, 1.807) is 9.58 Å². The summed E-state index contributed by atoms with van der Waals surface area (Å²) in [5, 5.41) is 27.8. The summed E-state index contributed by atoms with van der Waals surface area (Å²) in [5.74, 6) is -2.41. The molecular weight excluding hydrogens is 502 g/mol. The third-order valence-corrected chi connectivity index (χ3v) is 6.63. The highest BCUT2D eigenvalue weighted by atomic mass is 16.5. The Morgan fingerprint density at radius 1 is 1.00 bits per heavy atom. The van der Waals surface area contributed by atoms with Crippen molar-refractivity contribution in [2.24, 2.45) is 11.8 Å². The summed E-state index contributed by atoms with van der Waals surface area (Å²) in [7, 11) is 0. The minimum Gasteiger partial charge on any atom is -0.481 e. The fourth-order valence-corrected chi connectivity index (χ4v) is 4.77. The molecule has 39 heavy (non-hydrogen) atoms. The number of nitrogens with zero attached hydrogens (tertiary/aromatic N) is 5. The number of carboxylic acids is 1. The van der Waals surface area contributed by atoms with Gasteiger partial charge in [0.1, 0.15) is 5.69 Å². The van der Waals surface area contributed by atoms with Crippen molar-refractivity contribution in [3.8, 4) is 5.69 Å². The number of aromatic nitrogens is 3. The molecule has 0 unspecified atom stereocenters. The lowest BCUT2D eigenvalue weighted by Crippen LogP contribution is -2.56. The second-order valence-electron chi connectivity index (χ2n) is 10.1. The van der Waals surface area contributed by atoms with Crippen LogP contribution >= 0.6 is 0 Å². The lowest BCUT2D eigenvalue weighted by Gasteiger charge is -2.41. The minimum atomic E-state index is -1.21. The molecular formula is C28H33N5O6. The van der Waals surface area contributed by atoms with E-state index in [4.69, 9.17) is 4.74 Å². The fourth-order valence-electron chi connectivity index (χ4n) is 4.77. The number of carbonyl (C=O) groups is 3. The van der Waals surface area contributed by atoms with Crippen molar-refractivity contribution in [3.63, 3.8) is 0 Å². The third-order valence-electron chi connectivity index (χ3n) is 6.63. The monoisotopic (exact) mass is 535 g/mol. The molecule has 1 saturated heterocycles. The van der Waals surface area contributed by atoms with Crippen LogP contribution in [-0.2, 0) is 22.7 Å². The molecule has 0 spiro atoms. The molecule has 0 aliphatic carbocycles. The SMILES string of the molecule is CC(C)CN(C(=O)c1nnn(-c2ccccc2)c1COCc1ccccc1)[C@H]1C[C@@H](C(=O)O)CN(C(=O)O)C1. The zero-order chi connectivity index (χ0) is 27.9. The molecule has 4 rings (SSSR count). The van der Waals surface area contributed by atoms with E-state index in [-0.39, 0.29) is 37.7 Å². The lowest BCUT2D eigenvalue weighted by molar-refractivity contribution is -0.144. The number of ether oxygens (including phenoxy) is 1. The molecule has 0 radical (unpaired) electrons. The topological polar surface area (TPSA) is 138 Å². The van der Waals surface area contributed by atoms with E-state index in [1.807, 2.05) is 74.5 Å². The van der Waals surface area contributed by atoms with E-state index >= 15 is 0 Å². The Labute approximate surface area is 226 Å². The van der Waals surface area contributed by atoms with E-state index in [0.29, 0.717) is 24.5 Å². The molecule has 2 N–H and O–H groups in total. The Bertz CT molecular complexity index is 1260. The van der Waals surface area contributed by atoms with Crippen LogP contribution in [0.5, 0.6) is 0 Å². The number of carbonyl (C=O) groups excluding carboxylic acids is 1. The van der Waals surface area contributed by atoms with E-state index in [9.17, 15) is 24.6 Å². The molecule has 2 amide bonds. The van der Waals surface area contributed by atoms with Gasteiger partial charge in [-0.2, -0.15) is 0 Å². The average Bonchev–Trinajstić information content (AvgIpc) is 3.36. The second kappa shape index (κ2) is 12.5. The minimum absolute atomic E-state index is 0.0181. The smallest absolute Gasteiger partial charge is 0.407 e. The highest BCUT2D eigenvalue weighted by Gasteiger charge is 2.39. The maximum atomic E-state index is 14.1. The standard InChI is InChI=1S/C28H33N5O6/c1-19(2)14-32(23-13-21(27(35)36)15-31(16-23)28(37)38)26(34)25-24(18-39-17-20-9-5-3-6-10-20)33(30-29-25)22-11-7-4-8-12-22/h3-12,19,21,23H,13-18H2,1-2H3,(H,35,36)(H,37,38)/t21-,23+/m1/s1. The van der Waals surface area contributed by atoms with Crippen LogP contribution in [0.1, 0.15) is 42.0 Å². The van der Waals surface area contributed by atoms with Crippen LogP contribution in [0.15, 0.2) is 60.7 Å². The van der Waals surface area contributed by atoms with Crippen molar-refractivity contribution in [1.29, 1.82) is 0 Å². The first kappa shape index (κ1) is 27.8. The van der Waals surface area contributed by atoms with Crippen LogP contribution in [0.2, 0.25) is 0 Å². The Kier molecular flexibility index (Phi) is 8.92. The quantitative estimate of drug-likeness (QED) is 0.402. The molecule has 0 bridgehead atoms. The third kappa shape index (κ3) is 6.80. The summed E-state index contributed by atoms with van der Waals surface area (Å²) in [6.07, 6.45) is -1.07. The lowest BCUT2D eigenvalue weighted by atomic mass is 9.92. The van der Waals surface area contributed by atoms with Crippen molar-refractivity contribution in [1.82, 2.24) is 24.8 Å². The van der Waals surface area contributed by atoms with Crippen molar-refractivity contribution in [2.75, 3.05) is 19.6 Å². The van der Waals surface area contributed by atoms with Crippen LogP contribution in [0.4, 0.5) is 4.79 Å². The zero-order valence-corrected chi connectivity index (χ0v) is 22.0. The van der Waals surface area contributed by atoms with Crippen LogP contribution < -0.4 is 0 Å². The van der Waals surface area contributed by atoms with Gasteiger partial charge in [0.25, 0.3) is 5.91 Å². The Morgan fingerprint density at radius 2 is 1.67 bits per heavy atom. The van der Waals surface area contributed by atoms with Crippen molar-refractivity contribution in [3.05, 3.63) is 77.6 Å². The molecule has 2 atom stereocenters. The summed E-state index contributed by atoms with van der Waals surface area (Å²) in [5.41, 5.74) is 2.23. The summed E-state index contributed by atoms with van der Waals surface area (Å²) in [6.45, 7) is 4.45. The molecule has 11 heteroatoms. The largest absolute Gasteiger partial charge is 0.481 e. The molecule has 1 aliphatic rings. The van der Waals surface area contributed by atoms with Crippen LogP contribution in [0.25, 0.3) is 5.69 Å². The van der Waals surface area contributed by atoms with Gasteiger partial charge in [0.15, 0.2) is 5.69 Å². The van der Waals surface area contributed by atoms with E-state index in [1.165, 1.54) is 0 Å². The molecule has 1 fully saturated rings. The maximum absolute atomic E-state index is 14.1. The first-order chi connectivity index (χ1) is 18.7. The van der Waals surface area contributed by atoms with Gasteiger partial charge in [0, 0.05) is 19.6 Å². The number of aliphatic carboxylic acids is 1. The van der Waals surface area contributed by atoms with Crippen LogP contribution in [0, 0.1) is 11.8 Å². The summed E-state index contributed by atoms with van der Waals surface area (Å²) in [4.78, 5) is 40.3. The molecule has 2 heterocycles. The number of hydrogen-bond acceptors (Lipinski definition) is 6. The summed E-state index contributed by atoms with van der Waals surface area (Å²) in [6, 6.07) is 18.3. The predicted octanol–water partition coefficient (Wildman–Crippen LogP) is 3.54. The number of rotatable bonds is 10. The van der Waals surface area contributed by atoms with Crippen LogP contribution in [0.3, 0.4) is 0 Å². The first-order valence-electron chi connectivity index (χ1n) is 12.9. The number of carboxylic acid groups (broad SMARTS) is 2. The van der Waals surface area contributed by atoms with Gasteiger partial charge < -0.3 is 24.7 Å². The van der Waals surface area contributed by atoms with E-state index < -0.39 is 29.9 Å². The first-order valence-corrected chi connectivity index (χ1v) is 12.9. The Balaban J connectivity index is 1.67. The average molecular weight is 536 g/mol. The number of amides is 2. The van der Waals surface area contributed by atoms with Crippen LogP contribution in [-0.4, -0.2) is 78.7 Å². The highest BCUT2D eigenvalue weighted by molar-refractivity contribution is 5.93. The molecule has 2 aromatic carbocycles. The van der Waals surface area contributed by atoms with Gasteiger partial charge in [-0.15, -0.1) is 5.10 Å². The van der Waals surface area contributed by atoms with Gasteiger partial charge in [0.05, 0.1) is 30.9 Å². The molecule has 1 aromatic heterocycles. The predicted molar refractivity (Wildman–Crippen MR) is 141 cm³/mol. The summed E-state index contributed by atoms with van der Waals surface area (Å²) >= 11 is 0. The number of benzene rings is 2. The molecule has 3 aromatic rings. The van der Waals surface area contributed by atoms with Gasteiger partial charge >= 0.3 is 12.1 Å². The van der Waals surface area contributed by atoms with Gasteiger partial charge in [0.2, 0.25) is 0 Å². The maximum Gasteiger partial charge on any atom is 0.407 e. The highest BCUT2D eigenvalue weighted by Crippen LogP contribution is 2.25. The van der Waals surface area contributed by atoms with E-state index in [2.05, 4.69) is 10.3 Å². The number of hydrogen-bond donors (Lipinski definition) is 2. The Hall–Kier alpha value is -4.25. The number of para-hydroxylation sites is 1. The molecule has 0 saturated carbocycles. The normalized spacial score (nSPS) is 17.3. The number of piperidine rings is 1. The number of likely N-dealkylation sites (tertiary alicyclic amines) is 1. The summed E-state index contributed by atoms with van der Waals surface area (Å²) < 4.78 is 7.55. The molecule has 206 valence electrons. The van der Waals surface area contributed by atoms with Crippen molar-refractivity contribution in [2.45, 2.75) is 39.5 Å². The Morgan fingerprint density at radius 3 is 2.28 bits per heavy atom. The van der Waals surface area contributed by atoms with Gasteiger partial charge in [-0.25, -0.2) is 9.48 Å². The fraction of sp³-hybridized carbons (Fsp3) is 0.393. The van der Waals surface area contributed by atoms with Gasteiger partial charge in [-0.05, 0) is 30.0 Å². The molecule has 1 aliphatic heterocycles. The zero-order valence-electron chi connectivity index (χ0n) is 22.0. The van der Waals surface area contributed by atoms with Crippen molar-refractivity contribution < 1.29 is 29.3 Å². The van der Waals surface area contributed by atoms with Crippen molar-refractivity contribution >= 4 is 18.0 Å². The molecule has 11 nitrogen and oxygen atoms in total. The van der Waals surface area contributed by atoms with Gasteiger partial charge in [-0.1, -0.05) is 67.6 Å². The van der Waals surface area contributed by atoms with E-state index in [0.717, 1.165) is 10.5 Å². The van der Waals surface area contributed by atoms with Gasteiger partial charge in [-0.3, -0.25) is 9.59 Å².